The molecule has 110 valence electrons. The highest BCUT2D eigenvalue weighted by atomic mass is 16.5. The molecule has 2 aliphatic heterocycles. The van der Waals surface area contributed by atoms with Gasteiger partial charge in [0.05, 0.1) is 13.2 Å². The van der Waals surface area contributed by atoms with Crippen LogP contribution in [-0.2, 0) is 4.74 Å². The van der Waals surface area contributed by atoms with E-state index in [4.69, 9.17) is 4.74 Å². The maximum atomic E-state index is 5.72. The van der Waals surface area contributed by atoms with E-state index < -0.39 is 0 Å². The van der Waals surface area contributed by atoms with Crippen molar-refractivity contribution in [1.29, 1.82) is 0 Å². The minimum absolute atomic E-state index is 0.600. The van der Waals surface area contributed by atoms with Gasteiger partial charge in [0, 0.05) is 24.5 Å². The molecular weight excluding hydrogens is 236 g/mol. The summed E-state index contributed by atoms with van der Waals surface area (Å²) < 4.78 is 5.72. The maximum absolute atomic E-state index is 5.72. The van der Waals surface area contributed by atoms with Crippen molar-refractivity contribution in [1.82, 2.24) is 10.2 Å². The number of hydrogen-bond donors (Lipinski definition) is 1. The van der Waals surface area contributed by atoms with Crippen LogP contribution in [-0.4, -0.2) is 49.8 Å². The van der Waals surface area contributed by atoms with Crippen LogP contribution < -0.4 is 5.32 Å². The summed E-state index contributed by atoms with van der Waals surface area (Å²) in [6.45, 7) is 7.87. The highest BCUT2D eigenvalue weighted by Crippen LogP contribution is 2.36. The Morgan fingerprint density at radius 2 is 2.05 bits per heavy atom. The third-order valence-corrected chi connectivity index (χ3v) is 5.45. The van der Waals surface area contributed by atoms with E-state index in [2.05, 4.69) is 17.1 Å². The van der Waals surface area contributed by atoms with Crippen LogP contribution in [0.3, 0.4) is 0 Å². The van der Waals surface area contributed by atoms with Crippen molar-refractivity contribution in [2.75, 3.05) is 32.8 Å². The van der Waals surface area contributed by atoms with Gasteiger partial charge in [-0.2, -0.15) is 0 Å². The summed E-state index contributed by atoms with van der Waals surface area (Å²) in [5.41, 5.74) is 0. The Balaban J connectivity index is 1.52. The molecule has 0 bridgehead atoms. The molecule has 1 N–H and O–H groups in total. The van der Waals surface area contributed by atoms with Gasteiger partial charge in [-0.1, -0.05) is 19.8 Å². The minimum atomic E-state index is 0.600. The van der Waals surface area contributed by atoms with Crippen LogP contribution in [0, 0.1) is 11.8 Å². The fourth-order valence-corrected chi connectivity index (χ4v) is 4.36. The first kappa shape index (κ1) is 13.8. The van der Waals surface area contributed by atoms with Gasteiger partial charge in [-0.15, -0.1) is 0 Å². The minimum Gasteiger partial charge on any atom is -0.379 e. The molecule has 3 fully saturated rings. The van der Waals surface area contributed by atoms with Gasteiger partial charge in [0.25, 0.3) is 0 Å². The summed E-state index contributed by atoms with van der Waals surface area (Å²) in [5.74, 6) is 1.73. The fourth-order valence-electron chi connectivity index (χ4n) is 4.36. The molecule has 1 saturated carbocycles. The zero-order valence-electron chi connectivity index (χ0n) is 12.4. The second-order valence-corrected chi connectivity index (χ2v) is 6.75. The average molecular weight is 266 g/mol. The van der Waals surface area contributed by atoms with Gasteiger partial charge >= 0.3 is 0 Å². The van der Waals surface area contributed by atoms with Gasteiger partial charge in [-0.25, -0.2) is 0 Å². The lowest BCUT2D eigenvalue weighted by atomic mass is 9.85. The van der Waals surface area contributed by atoms with E-state index in [0.29, 0.717) is 12.0 Å². The Bertz CT molecular complexity index is 284. The third-order valence-electron chi connectivity index (χ3n) is 5.45. The summed E-state index contributed by atoms with van der Waals surface area (Å²) in [6, 6.07) is 1.50. The van der Waals surface area contributed by atoms with Gasteiger partial charge in [0.1, 0.15) is 0 Å². The Morgan fingerprint density at radius 3 is 2.95 bits per heavy atom. The number of hydrogen-bond acceptors (Lipinski definition) is 3. The lowest BCUT2D eigenvalue weighted by molar-refractivity contribution is 0.139. The van der Waals surface area contributed by atoms with Crippen LogP contribution >= 0.6 is 0 Å². The molecule has 3 aliphatic rings. The van der Waals surface area contributed by atoms with Crippen LogP contribution in [0.1, 0.15) is 45.4 Å². The van der Waals surface area contributed by atoms with E-state index in [1.54, 1.807) is 0 Å². The molecule has 4 atom stereocenters. The van der Waals surface area contributed by atoms with Crippen molar-refractivity contribution in [2.24, 2.45) is 11.8 Å². The molecule has 0 aromatic carbocycles. The zero-order chi connectivity index (χ0) is 13.1. The number of fused-ring (bicyclic) bond motifs is 1. The maximum Gasteiger partial charge on any atom is 0.0623 e. The smallest absolute Gasteiger partial charge is 0.0623 e. The van der Waals surface area contributed by atoms with E-state index in [1.807, 2.05) is 0 Å². The summed E-state index contributed by atoms with van der Waals surface area (Å²) in [6.07, 6.45) is 8.53. The molecule has 3 nitrogen and oxygen atoms in total. The lowest BCUT2D eigenvalue weighted by Crippen LogP contribution is -2.44. The van der Waals surface area contributed by atoms with E-state index >= 15 is 0 Å². The van der Waals surface area contributed by atoms with Crippen LogP contribution in [0.15, 0.2) is 0 Å². The largest absolute Gasteiger partial charge is 0.379 e. The fraction of sp³-hybridized carbons (Fsp3) is 1.00. The second-order valence-electron chi connectivity index (χ2n) is 6.75. The second kappa shape index (κ2) is 6.55. The average Bonchev–Trinajstić information content (AvgIpc) is 3.05. The molecule has 2 heterocycles. The van der Waals surface area contributed by atoms with Crippen LogP contribution in [0.4, 0.5) is 0 Å². The van der Waals surface area contributed by atoms with Crippen LogP contribution in [0.2, 0.25) is 0 Å². The van der Waals surface area contributed by atoms with Gasteiger partial charge in [0.2, 0.25) is 0 Å². The molecule has 2 saturated heterocycles. The zero-order valence-corrected chi connectivity index (χ0v) is 12.4. The molecular formula is C16H30N2O. The quantitative estimate of drug-likeness (QED) is 0.826. The van der Waals surface area contributed by atoms with Gasteiger partial charge in [-0.05, 0) is 44.7 Å². The first-order valence-electron chi connectivity index (χ1n) is 8.43. The molecule has 3 heteroatoms. The summed E-state index contributed by atoms with van der Waals surface area (Å²) in [7, 11) is 0. The molecule has 0 aromatic heterocycles. The van der Waals surface area contributed by atoms with Crippen LogP contribution in [0.25, 0.3) is 0 Å². The molecule has 19 heavy (non-hydrogen) atoms. The normalized spacial score (nSPS) is 39.6. The molecule has 0 radical (unpaired) electrons. The van der Waals surface area contributed by atoms with E-state index in [1.165, 1.54) is 51.6 Å². The number of nitrogens with one attached hydrogen (secondary N) is 1. The number of rotatable bonds is 5. The topological polar surface area (TPSA) is 24.5 Å². The Morgan fingerprint density at radius 1 is 1.16 bits per heavy atom. The third kappa shape index (κ3) is 3.14. The molecule has 3 rings (SSSR count). The predicted molar refractivity (Wildman–Crippen MR) is 78.3 cm³/mol. The monoisotopic (exact) mass is 266 g/mol. The van der Waals surface area contributed by atoms with Crippen molar-refractivity contribution in [3.63, 3.8) is 0 Å². The van der Waals surface area contributed by atoms with E-state index in [9.17, 15) is 0 Å². The van der Waals surface area contributed by atoms with Gasteiger partial charge in [0.15, 0.2) is 0 Å². The van der Waals surface area contributed by atoms with Crippen molar-refractivity contribution < 1.29 is 4.74 Å². The highest BCUT2D eigenvalue weighted by Gasteiger charge is 2.38. The molecule has 4 unspecified atom stereocenters. The first-order chi connectivity index (χ1) is 9.38. The SMILES string of the molecule is CCCNC1COCC1CN1CCC2CCCCC21. The molecule has 0 aromatic rings. The molecule has 0 amide bonds. The summed E-state index contributed by atoms with van der Waals surface area (Å²) in [5, 5.41) is 3.68. The first-order valence-corrected chi connectivity index (χ1v) is 8.43. The predicted octanol–water partition coefficient (Wildman–Crippen LogP) is 2.27. The number of nitrogens with zero attached hydrogens (tertiary/aromatic N) is 1. The highest BCUT2D eigenvalue weighted by molar-refractivity contribution is 4.93. The van der Waals surface area contributed by atoms with E-state index in [0.717, 1.165) is 31.7 Å². The molecule has 0 spiro atoms. The van der Waals surface area contributed by atoms with Crippen molar-refractivity contribution in [3.8, 4) is 0 Å². The summed E-state index contributed by atoms with van der Waals surface area (Å²) >= 11 is 0. The standard InChI is InChI=1S/C16H30N2O/c1-2-8-17-15-12-19-11-14(15)10-18-9-7-13-5-3-4-6-16(13)18/h13-17H,2-12H2,1H3. The number of likely N-dealkylation sites (tertiary alicyclic amines) is 1. The number of ether oxygens (including phenoxy) is 1. The van der Waals surface area contributed by atoms with Gasteiger partial charge < -0.3 is 10.1 Å². The Hall–Kier alpha value is -0.120. The van der Waals surface area contributed by atoms with E-state index in [-0.39, 0.29) is 0 Å². The van der Waals surface area contributed by atoms with Gasteiger partial charge in [-0.3, -0.25) is 4.90 Å². The van der Waals surface area contributed by atoms with Crippen molar-refractivity contribution in [3.05, 3.63) is 0 Å². The molecule has 1 aliphatic carbocycles. The van der Waals surface area contributed by atoms with Crippen LogP contribution in [0.5, 0.6) is 0 Å². The summed E-state index contributed by atoms with van der Waals surface area (Å²) in [4.78, 5) is 2.80. The Labute approximate surface area is 118 Å². The Kier molecular flexibility index (Phi) is 4.78. The van der Waals surface area contributed by atoms with Crippen molar-refractivity contribution >= 4 is 0 Å². The van der Waals surface area contributed by atoms with Crippen molar-refractivity contribution in [2.45, 2.75) is 57.5 Å². The lowest BCUT2D eigenvalue weighted by Gasteiger charge is -2.34.